The topological polar surface area (TPSA) is 38.0 Å². The first-order valence-corrected chi connectivity index (χ1v) is 5.56. The number of rotatable bonds is 3. The van der Waals surface area contributed by atoms with Crippen LogP contribution in [-0.4, -0.2) is 14.7 Å². The number of imidazole rings is 1. The number of hydrogen-bond acceptors (Lipinski definition) is 2. The number of aryl methyl sites for hydroxylation is 1. The summed E-state index contributed by atoms with van der Waals surface area (Å²) in [5, 5.41) is 9.63. The second kappa shape index (κ2) is 4.68. The van der Waals surface area contributed by atoms with Gasteiger partial charge in [-0.15, -0.1) is 0 Å². The first-order valence-electron chi connectivity index (χ1n) is 5.18. The lowest BCUT2D eigenvalue weighted by atomic mass is 10.2. The van der Waals surface area contributed by atoms with Gasteiger partial charge in [0.05, 0.1) is 17.3 Å². The molecule has 84 valence electrons. The van der Waals surface area contributed by atoms with Gasteiger partial charge in [-0.1, -0.05) is 24.6 Å². The lowest BCUT2D eigenvalue weighted by Gasteiger charge is -2.09. The molecule has 16 heavy (non-hydrogen) atoms. The molecule has 1 N–H and O–H groups in total. The zero-order valence-electron chi connectivity index (χ0n) is 9.02. The molecule has 3 nitrogen and oxygen atoms in total. The van der Waals surface area contributed by atoms with E-state index >= 15 is 0 Å². The highest BCUT2D eigenvalue weighted by molar-refractivity contribution is 6.32. The molecule has 4 heteroatoms. The van der Waals surface area contributed by atoms with E-state index in [0.29, 0.717) is 5.02 Å². The van der Waals surface area contributed by atoms with Crippen molar-refractivity contribution in [3.8, 4) is 5.69 Å². The molecular weight excluding hydrogens is 224 g/mol. The molecule has 0 amide bonds. The molecule has 0 unspecified atom stereocenters. The van der Waals surface area contributed by atoms with Gasteiger partial charge >= 0.3 is 0 Å². The van der Waals surface area contributed by atoms with Gasteiger partial charge in [-0.3, -0.25) is 0 Å². The van der Waals surface area contributed by atoms with Crippen molar-refractivity contribution >= 4 is 11.6 Å². The molecule has 0 atom stereocenters. The van der Waals surface area contributed by atoms with E-state index in [-0.39, 0.29) is 6.61 Å². The van der Waals surface area contributed by atoms with E-state index in [4.69, 9.17) is 16.7 Å². The van der Waals surface area contributed by atoms with Gasteiger partial charge in [0, 0.05) is 18.8 Å². The summed E-state index contributed by atoms with van der Waals surface area (Å²) in [5.41, 5.74) is 1.71. The third-order valence-electron chi connectivity index (χ3n) is 2.49. The Hall–Kier alpha value is -1.32. The third kappa shape index (κ3) is 1.96. The fourth-order valence-electron chi connectivity index (χ4n) is 1.66. The smallest absolute Gasteiger partial charge is 0.112 e. The van der Waals surface area contributed by atoms with Gasteiger partial charge < -0.3 is 9.67 Å². The van der Waals surface area contributed by atoms with Crippen LogP contribution in [0, 0.1) is 0 Å². The van der Waals surface area contributed by atoms with Crippen molar-refractivity contribution in [3.05, 3.63) is 47.0 Å². The van der Waals surface area contributed by atoms with Crippen molar-refractivity contribution in [1.82, 2.24) is 9.55 Å². The maximum Gasteiger partial charge on any atom is 0.112 e. The highest BCUT2D eigenvalue weighted by Crippen LogP contribution is 2.23. The van der Waals surface area contributed by atoms with Crippen LogP contribution in [-0.2, 0) is 13.0 Å². The number of nitrogens with zero attached hydrogens (tertiary/aromatic N) is 2. The minimum absolute atomic E-state index is 0.00453. The van der Waals surface area contributed by atoms with Crippen molar-refractivity contribution in [2.24, 2.45) is 0 Å². The zero-order valence-corrected chi connectivity index (χ0v) is 9.78. The minimum Gasteiger partial charge on any atom is -0.392 e. The summed E-state index contributed by atoms with van der Waals surface area (Å²) in [7, 11) is 0. The Kier molecular flexibility index (Phi) is 3.27. The van der Waals surface area contributed by atoms with Crippen LogP contribution in [0.3, 0.4) is 0 Å². The van der Waals surface area contributed by atoms with Crippen LogP contribution in [0.1, 0.15) is 18.3 Å². The fraction of sp³-hybridized carbons (Fsp3) is 0.250. The number of benzene rings is 1. The van der Waals surface area contributed by atoms with E-state index in [0.717, 1.165) is 23.5 Å². The van der Waals surface area contributed by atoms with Crippen molar-refractivity contribution in [2.45, 2.75) is 20.0 Å². The van der Waals surface area contributed by atoms with Crippen molar-refractivity contribution < 1.29 is 5.11 Å². The van der Waals surface area contributed by atoms with Crippen LogP contribution in [0.25, 0.3) is 5.69 Å². The molecule has 0 aliphatic rings. The predicted octanol–water partition coefficient (Wildman–Crippen LogP) is 2.58. The minimum atomic E-state index is 0.00453. The second-order valence-corrected chi connectivity index (χ2v) is 3.92. The first-order chi connectivity index (χ1) is 7.76. The lowest BCUT2D eigenvalue weighted by Crippen LogP contribution is -2.00. The Morgan fingerprint density at radius 2 is 2.25 bits per heavy atom. The standard InChI is InChI=1S/C12H13ClN2O/c1-2-12-14-5-6-15(12)11-4-3-9(8-16)7-10(11)13/h3-7,16H,2,8H2,1H3. The van der Waals surface area contributed by atoms with Gasteiger partial charge in [0.15, 0.2) is 0 Å². The van der Waals surface area contributed by atoms with E-state index in [9.17, 15) is 0 Å². The van der Waals surface area contributed by atoms with E-state index < -0.39 is 0 Å². The molecule has 2 rings (SSSR count). The van der Waals surface area contributed by atoms with Crippen molar-refractivity contribution in [2.75, 3.05) is 0 Å². The van der Waals surface area contributed by atoms with E-state index in [1.807, 2.05) is 22.9 Å². The molecule has 0 spiro atoms. The number of hydrogen-bond donors (Lipinski definition) is 1. The van der Waals surface area contributed by atoms with Gasteiger partial charge in [0.2, 0.25) is 0 Å². The molecule has 0 saturated heterocycles. The summed E-state index contributed by atoms with van der Waals surface area (Å²) in [5.74, 6) is 0.971. The second-order valence-electron chi connectivity index (χ2n) is 3.51. The van der Waals surface area contributed by atoms with Crippen LogP contribution in [0.2, 0.25) is 5.02 Å². The monoisotopic (exact) mass is 236 g/mol. The molecule has 1 aromatic heterocycles. The average molecular weight is 237 g/mol. The summed E-state index contributed by atoms with van der Waals surface area (Å²) in [4.78, 5) is 4.25. The van der Waals surface area contributed by atoms with Crippen LogP contribution in [0.4, 0.5) is 0 Å². The number of aliphatic hydroxyl groups excluding tert-OH is 1. The van der Waals surface area contributed by atoms with E-state index in [1.165, 1.54) is 0 Å². The first kappa shape index (κ1) is 11.2. The number of halogens is 1. The molecule has 0 fully saturated rings. The van der Waals surface area contributed by atoms with Crippen molar-refractivity contribution in [1.29, 1.82) is 0 Å². The number of aliphatic hydroxyl groups is 1. The molecule has 0 aliphatic carbocycles. The van der Waals surface area contributed by atoms with Crippen molar-refractivity contribution in [3.63, 3.8) is 0 Å². The molecule has 0 radical (unpaired) electrons. The van der Waals surface area contributed by atoms with Crippen LogP contribution >= 0.6 is 11.6 Å². The molecule has 0 saturated carbocycles. The van der Waals surface area contributed by atoms with Gasteiger partial charge in [-0.05, 0) is 17.7 Å². The third-order valence-corrected chi connectivity index (χ3v) is 2.79. The highest BCUT2D eigenvalue weighted by atomic mass is 35.5. The van der Waals surface area contributed by atoms with Gasteiger partial charge in [-0.25, -0.2) is 4.98 Å². The SMILES string of the molecule is CCc1nccn1-c1ccc(CO)cc1Cl. The maximum atomic E-state index is 9.01. The van der Waals surface area contributed by atoms with E-state index in [2.05, 4.69) is 11.9 Å². The quantitative estimate of drug-likeness (QED) is 0.890. The molecule has 1 heterocycles. The molecule has 2 aromatic rings. The maximum absolute atomic E-state index is 9.01. The lowest BCUT2D eigenvalue weighted by molar-refractivity contribution is 0.282. The summed E-state index contributed by atoms with van der Waals surface area (Å²) in [6.45, 7) is 2.05. The Morgan fingerprint density at radius 3 is 2.88 bits per heavy atom. The Balaban J connectivity index is 2.48. The fourth-order valence-corrected chi connectivity index (χ4v) is 1.95. The molecule has 0 bridgehead atoms. The van der Waals surface area contributed by atoms with Gasteiger partial charge in [-0.2, -0.15) is 0 Å². The van der Waals surface area contributed by atoms with Crippen LogP contribution in [0.5, 0.6) is 0 Å². The largest absolute Gasteiger partial charge is 0.392 e. The van der Waals surface area contributed by atoms with Crippen LogP contribution < -0.4 is 0 Å². The average Bonchev–Trinajstić information content (AvgIpc) is 2.76. The molecule has 1 aromatic carbocycles. The number of aromatic nitrogens is 2. The van der Waals surface area contributed by atoms with Crippen LogP contribution in [0.15, 0.2) is 30.6 Å². The van der Waals surface area contributed by atoms with Gasteiger partial charge in [0.1, 0.15) is 5.82 Å². The summed E-state index contributed by atoms with van der Waals surface area (Å²) in [6, 6.07) is 5.53. The predicted molar refractivity (Wildman–Crippen MR) is 63.9 cm³/mol. The highest BCUT2D eigenvalue weighted by Gasteiger charge is 2.07. The summed E-state index contributed by atoms with van der Waals surface area (Å²) >= 11 is 6.17. The Morgan fingerprint density at radius 1 is 1.44 bits per heavy atom. The molecule has 0 aliphatic heterocycles. The van der Waals surface area contributed by atoms with Gasteiger partial charge in [0.25, 0.3) is 0 Å². The molecular formula is C12H13ClN2O. The Bertz CT molecular complexity index is 494. The normalized spacial score (nSPS) is 10.7. The summed E-state index contributed by atoms with van der Waals surface area (Å²) < 4.78 is 1.96. The van der Waals surface area contributed by atoms with E-state index in [1.54, 1.807) is 12.3 Å². The summed E-state index contributed by atoms with van der Waals surface area (Å²) in [6.07, 6.45) is 4.50. The zero-order chi connectivity index (χ0) is 11.5. The Labute approximate surface area is 99.3 Å².